The quantitative estimate of drug-likeness (QED) is 0.623. The third-order valence-corrected chi connectivity index (χ3v) is 4.80. The zero-order valence-electron chi connectivity index (χ0n) is 17.3. The van der Waals surface area contributed by atoms with Gasteiger partial charge in [-0.2, -0.15) is 0 Å². The van der Waals surface area contributed by atoms with Crippen molar-refractivity contribution in [1.29, 1.82) is 0 Å². The van der Waals surface area contributed by atoms with Crippen molar-refractivity contribution >= 4 is 5.91 Å². The molecule has 0 aliphatic heterocycles. The molecule has 1 aromatic heterocycles. The molecule has 0 aliphatic rings. The number of nitrogens with one attached hydrogen (secondary N) is 1. The highest BCUT2D eigenvalue weighted by atomic mass is 19.1. The van der Waals surface area contributed by atoms with Crippen LogP contribution in [-0.2, 0) is 11.2 Å². The molecule has 2 aromatic rings. The molecule has 0 radical (unpaired) electrons. The summed E-state index contributed by atoms with van der Waals surface area (Å²) in [6.45, 7) is 10.4. The minimum absolute atomic E-state index is 0.00800. The number of aromatic nitrogens is 1. The van der Waals surface area contributed by atoms with Gasteiger partial charge in [0.25, 0.3) is 0 Å². The molecular weight excluding hydrogens is 372 g/mol. The molecule has 0 saturated heterocycles. The highest BCUT2D eigenvalue weighted by Crippen LogP contribution is 2.19. The number of hydrogen-bond donors (Lipinski definition) is 1. The monoisotopic (exact) mass is 401 g/mol. The molecule has 4 nitrogen and oxygen atoms in total. The Hall–Kier alpha value is -2.76. The molecule has 1 heterocycles. The van der Waals surface area contributed by atoms with E-state index < -0.39 is 23.7 Å². The first-order chi connectivity index (χ1) is 13.8. The first-order valence-corrected chi connectivity index (χ1v) is 9.90. The van der Waals surface area contributed by atoms with Gasteiger partial charge in [0.15, 0.2) is 0 Å². The lowest BCUT2D eigenvalue weighted by Crippen LogP contribution is -2.48. The molecule has 2 atom stereocenters. The zero-order chi connectivity index (χ0) is 21.4. The molecule has 2 rings (SSSR count). The summed E-state index contributed by atoms with van der Waals surface area (Å²) in [4.78, 5) is 19.0. The van der Waals surface area contributed by atoms with Gasteiger partial charge in [-0.15, -0.1) is 0 Å². The summed E-state index contributed by atoms with van der Waals surface area (Å²) in [6, 6.07) is 9.32. The maximum absolute atomic E-state index is 14.1. The second-order valence-electron chi connectivity index (χ2n) is 7.24. The number of halogens is 2. The second kappa shape index (κ2) is 10.7. The summed E-state index contributed by atoms with van der Waals surface area (Å²) in [5.41, 5.74) is 1.83. The van der Waals surface area contributed by atoms with Gasteiger partial charge in [0, 0.05) is 24.7 Å². The fourth-order valence-electron chi connectivity index (χ4n) is 3.24. The van der Waals surface area contributed by atoms with Crippen LogP contribution in [0, 0.1) is 11.6 Å². The van der Waals surface area contributed by atoms with Gasteiger partial charge in [-0.05, 0) is 25.8 Å². The maximum atomic E-state index is 14.1. The van der Waals surface area contributed by atoms with Gasteiger partial charge in [-0.25, -0.2) is 8.78 Å². The molecule has 156 valence electrons. The number of carbonyl (C=O) groups is 1. The van der Waals surface area contributed by atoms with Crippen molar-refractivity contribution in [2.75, 3.05) is 6.54 Å². The Bertz CT molecular complexity index is 826. The number of carbonyl (C=O) groups excluding carboxylic acids is 1. The van der Waals surface area contributed by atoms with Gasteiger partial charge < -0.3 is 10.2 Å². The van der Waals surface area contributed by atoms with Crippen LogP contribution in [0.3, 0.4) is 0 Å². The lowest BCUT2D eigenvalue weighted by Gasteiger charge is -2.34. The van der Waals surface area contributed by atoms with E-state index in [1.54, 1.807) is 6.92 Å². The third-order valence-electron chi connectivity index (χ3n) is 4.80. The molecule has 29 heavy (non-hydrogen) atoms. The average molecular weight is 402 g/mol. The predicted molar refractivity (Wildman–Crippen MR) is 111 cm³/mol. The Morgan fingerprint density at radius 3 is 2.55 bits per heavy atom. The van der Waals surface area contributed by atoms with Crippen molar-refractivity contribution in [2.45, 2.75) is 52.1 Å². The lowest BCUT2D eigenvalue weighted by molar-refractivity contribution is -0.126. The number of rotatable bonds is 10. The highest BCUT2D eigenvalue weighted by Gasteiger charge is 2.28. The molecule has 6 heteroatoms. The minimum atomic E-state index is -0.778. The largest absolute Gasteiger partial charge is 0.363 e. The van der Waals surface area contributed by atoms with E-state index >= 15 is 0 Å². The van der Waals surface area contributed by atoms with E-state index in [4.69, 9.17) is 0 Å². The summed E-state index contributed by atoms with van der Waals surface area (Å²) in [7, 11) is 0. The SMILES string of the molecule is C=C(C)N(CCCC)[C@@H](Cc1ccccc1)C(=O)N[C@H](C)c1ncc(F)cc1F. The summed E-state index contributed by atoms with van der Waals surface area (Å²) in [5, 5.41) is 2.84. The molecular formula is C23H29F2N3O. The van der Waals surface area contributed by atoms with Gasteiger partial charge in [-0.3, -0.25) is 9.78 Å². The van der Waals surface area contributed by atoms with Crippen LogP contribution in [0.5, 0.6) is 0 Å². The van der Waals surface area contributed by atoms with Crippen molar-refractivity contribution < 1.29 is 13.6 Å². The molecule has 0 unspecified atom stereocenters. The minimum Gasteiger partial charge on any atom is -0.363 e. The first kappa shape index (κ1) is 22.5. The number of pyridine rings is 1. The van der Waals surface area contributed by atoms with Crippen LogP contribution in [0.4, 0.5) is 8.78 Å². The van der Waals surface area contributed by atoms with Crippen LogP contribution in [0.1, 0.15) is 50.9 Å². The molecule has 1 aromatic carbocycles. The van der Waals surface area contributed by atoms with Gasteiger partial charge in [0.1, 0.15) is 17.7 Å². The van der Waals surface area contributed by atoms with E-state index in [-0.39, 0.29) is 11.6 Å². The highest BCUT2D eigenvalue weighted by molar-refractivity contribution is 5.82. The standard InChI is InChI=1S/C23H29F2N3O/c1-5-6-12-28(16(2)3)21(13-18-10-8-7-9-11-18)23(29)27-17(4)22-20(25)14-19(24)15-26-22/h7-11,14-15,17,21H,2,5-6,12-13H2,1,3-4H3,(H,27,29)/t17-,21+/m1/s1. The third kappa shape index (κ3) is 6.38. The van der Waals surface area contributed by atoms with Crippen molar-refractivity contribution in [3.8, 4) is 0 Å². The van der Waals surface area contributed by atoms with E-state index in [1.165, 1.54) is 0 Å². The van der Waals surface area contributed by atoms with E-state index in [9.17, 15) is 13.6 Å². The number of nitrogens with zero attached hydrogens (tertiary/aromatic N) is 2. The Morgan fingerprint density at radius 2 is 1.97 bits per heavy atom. The van der Waals surface area contributed by atoms with E-state index in [0.29, 0.717) is 13.0 Å². The van der Waals surface area contributed by atoms with Crippen molar-refractivity contribution in [1.82, 2.24) is 15.2 Å². The number of hydrogen-bond acceptors (Lipinski definition) is 3. The predicted octanol–water partition coefficient (Wildman–Crippen LogP) is 4.78. The summed E-state index contributed by atoms with van der Waals surface area (Å²) in [6.07, 6.45) is 3.36. The van der Waals surface area contributed by atoms with Crippen molar-refractivity contribution in [3.63, 3.8) is 0 Å². The van der Waals surface area contributed by atoms with Crippen molar-refractivity contribution in [3.05, 3.63) is 77.8 Å². The fourth-order valence-corrected chi connectivity index (χ4v) is 3.24. The summed E-state index contributed by atoms with van der Waals surface area (Å²) >= 11 is 0. The zero-order valence-corrected chi connectivity index (χ0v) is 17.3. The van der Waals surface area contributed by atoms with Crippen LogP contribution in [-0.4, -0.2) is 28.4 Å². The van der Waals surface area contributed by atoms with Crippen LogP contribution >= 0.6 is 0 Å². The maximum Gasteiger partial charge on any atom is 0.243 e. The normalized spacial score (nSPS) is 12.9. The number of unbranched alkanes of at least 4 members (excludes halogenated alkanes) is 1. The molecule has 0 spiro atoms. The molecule has 1 N–H and O–H groups in total. The number of benzene rings is 1. The molecule has 1 amide bonds. The topological polar surface area (TPSA) is 45.2 Å². The summed E-state index contributed by atoms with van der Waals surface area (Å²) in [5.74, 6) is -1.77. The number of allylic oxidation sites excluding steroid dienone is 1. The van der Waals surface area contributed by atoms with Crippen LogP contribution in [0.2, 0.25) is 0 Å². The first-order valence-electron chi connectivity index (χ1n) is 9.90. The van der Waals surface area contributed by atoms with Gasteiger partial charge in [-0.1, -0.05) is 50.3 Å². The Kier molecular flexibility index (Phi) is 8.31. The average Bonchev–Trinajstić information content (AvgIpc) is 2.67. The van der Waals surface area contributed by atoms with E-state index in [1.807, 2.05) is 42.2 Å². The lowest BCUT2D eigenvalue weighted by atomic mass is 10.0. The van der Waals surface area contributed by atoms with Gasteiger partial charge in [0.2, 0.25) is 5.91 Å². The van der Waals surface area contributed by atoms with Crippen molar-refractivity contribution in [2.24, 2.45) is 0 Å². The van der Waals surface area contributed by atoms with Crippen LogP contribution in [0.15, 0.2) is 54.9 Å². The van der Waals surface area contributed by atoms with E-state index in [0.717, 1.165) is 36.4 Å². The Morgan fingerprint density at radius 1 is 1.28 bits per heavy atom. The van der Waals surface area contributed by atoms with Crippen LogP contribution < -0.4 is 5.32 Å². The second-order valence-corrected chi connectivity index (χ2v) is 7.24. The van der Waals surface area contributed by atoms with Gasteiger partial charge >= 0.3 is 0 Å². The Labute approximate surface area is 171 Å². The van der Waals surface area contributed by atoms with Crippen LogP contribution in [0.25, 0.3) is 0 Å². The number of amides is 1. The smallest absolute Gasteiger partial charge is 0.243 e. The molecule has 0 bridgehead atoms. The summed E-state index contributed by atoms with van der Waals surface area (Å²) < 4.78 is 27.2. The van der Waals surface area contributed by atoms with E-state index in [2.05, 4.69) is 23.8 Å². The molecule has 0 saturated carbocycles. The van der Waals surface area contributed by atoms with Gasteiger partial charge in [0.05, 0.1) is 17.9 Å². The fraction of sp³-hybridized carbons (Fsp3) is 0.391. The molecule has 0 fully saturated rings. The molecule has 0 aliphatic carbocycles. The Balaban J connectivity index is 2.25.